The molecule has 2 aromatic heterocycles. The van der Waals surface area contributed by atoms with E-state index in [4.69, 9.17) is 4.42 Å². The van der Waals surface area contributed by atoms with Crippen LogP contribution in [0.15, 0.2) is 28.2 Å². The average Bonchev–Trinajstić information content (AvgIpc) is 3.04. The molecule has 0 amide bonds. The summed E-state index contributed by atoms with van der Waals surface area (Å²) in [5.74, 6) is 1.07. The normalized spacial score (nSPS) is 16.1. The van der Waals surface area contributed by atoms with E-state index in [-0.39, 0.29) is 5.54 Å². The SMILES string of the molecule is CC(C)(C)NCc1occc1CN1CCc2sccc2C1. The Kier molecular flexibility index (Phi) is 4.20. The molecule has 21 heavy (non-hydrogen) atoms. The standard InChI is InChI=1S/C17H24N2OS/c1-17(2,3)18-10-15-13(5-8-20-15)11-19-7-4-16-14(12-19)6-9-21-16/h5-6,8-9,18H,4,7,10-12H2,1-3H3. The molecule has 0 bridgehead atoms. The van der Waals surface area contributed by atoms with Gasteiger partial charge in [-0.25, -0.2) is 0 Å². The van der Waals surface area contributed by atoms with Crippen molar-refractivity contribution in [3.8, 4) is 0 Å². The van der Waals surface area contributed by atoms with Crippen LogP contribution < -0.4 is 5.32 Å². The van der Waals surface area contributed by atoms with E-state index in [2.05, 4.69) is 48.5 Å². The average molecular weight is 304 g/mol. The summed E-state index contributed by atoms with van der Waals surface area (Å²) in [4.78, 5) is 4.08. The van der Waals surface area contributed by atoms with Crippen LogP contribution in [0.5, 0.6) is 0 Å². The van der Waals surface area contributed by atoms with Crippen molar-refractivity contribution in [1.29, 1.82) is 0 Å². The third-order valence-electron chi connectivity index (χ3n) is 3.90. The van der Waals surface area contributed by atoms with E-state index < -0.39 is 0 Å². The van der Waals surface area contributed by atoms with Crippen molar-refractivity contribution in [2.24, 2.45) is 0 Å². The van der Waals surface area contributed by atoms with Gasteiger partial charge in [0.15, 0.2) is 0 Å². The molecule has 3 nitrogen and oxygen atoms in total. The van der Waals surface area contributed by atoms with E-state index in [1.165, 1.54) is 17.5 Å². The lowest BCUT2D eigenvalue weighted by atomic mass is 10.1. The van der Waals surface area contributed by atoms with Crippen LogP contribution in [-0.2, 0) is 26.1 Å². The van der Waals surface area contributed by atoms with Gasteiger partial charge in [0.2, 0.25) is 0 Å². The molecule has 3 heterocycles. The molecule has 0 saturated carbocycles. The van der Waals surface area contributed by atoms with Crippen LogP contribution in [0.3, 0.4) is 0 Å². The first-order chi connectivity index (χ1) is 10.0. The molecule has 0 unspecified atom stereocenters. The third-order valence-corrected chi connectivity index (χ3v) is 4.92. The molecule has 1 aliphatic rings. The van der Waals surface area contributed by atoms with Crippen molar-refractivity contribution < 1.29 is 4.42 Å². The lowest BCUT2D eigenvalue weighted by Crippen LogP contribution is -2.35. The fourth-order valence-corrected chi connectivity index (χ4v) is 3.58. The lowest BCUT2D eigenvalue weighted by molar-refractivity contribution is 0.244. The van der Waals surface area contributed by atoms with E-state index in [0.717, 1.165) is 31.9 Å². The summed E-state index contributed by atoms with van der Waals surface area (Å²) >= 11 is 1.89. The molecule has 0 saturated heterocycles. The Morgan fingerprint density at radius 1 is 1.33 bits per heavy atom. The van der Waals surface area contributed by atoms with Crippen molar-refractivity contribution in [1.82, 2.24) is 10.2 Å². The second-order valence-electron chi connectivity index (χ2n) is 6.80. The molecule has 1 aliphatic heterocycles. The molecule has 2 aromatic rings. The zero-order chi connectivity index (χ0) is 14.9. The van der Waals surface area contributed by atoms with Gasteiger partial charge in [-0.3, -0.25) is 4.90 Å². The summed E-state index contributed by atoms with van der Waals surface area (Å²) in [5.41, 5.74) is 2.93. The van der Waals surface area contributed by atoms with Gasteiger partial charge in [-0.05, 0) is 50.3 Å². The maximum atomic E-state index is 5.67. The van der Waals surface area contributed by atoms with Gasteiger partial charge < -0.3 is 9.73 Å². The number of nitrogens with one attached hydrogen (secondary N) is 1. The van der Waals surface area contributed by atoms with Gasteiger partial charge in [-0.1, -0.05) is 0 Å². The molecule has 0 spiro atoms. The summed E-state index contributed by atoms with van der Waals surface area (Å²) in [6.07, 6.45) is 3.00. The Hall–Kier alpha value is -1.10. The van der Waals surface area contributed by atoms with Crippen molar-refractivity contribution in [3.63, 3.8) is 0 Å². The van der Waals surface area contributed by atoms with Gasteiger partial charge in [0, 0.05) is 35.6 Å². The number of hydrogen-bond donors (Lipinski definition) is 1. The highest BCUT2D eigenvalue weighted by molar-refractivity contribution is 7.10. The Bertz CT molecular complexity index is 594. The first-order valence-electron chi connectivity index (χ1n) is 7.59. The molecule has 0 fully saturated rings. The Balaban J connectivity index is 1.62. The molecule has 114 valence electrons. The monoisotopic (exact) mass is 304 g/mol. The number of furan rings is 1. The third kappa shape index (κ3) is 3.76. The van der Waals surface area contributed by atoms with Gasteiger partial charge >= 0.3 is 0 Å². The highest BCUT2D eigenvalue weighted by Crippen LogP contribution is 2.25. The number of nitrogens with zero attached hydrogens (tertiary/aromatic N) is 1. The summed E-state index contributed by atoms with van der Waals surface area (Å²) in [5, 5.41) is 5.72. The lowest BCUT2D eigenvalue weighted by Gasteiger charge is -2.27. The largest absolute Gasteiger partial charge is 0.468 e. The molecule has 1 N–H and O–H groups in total. The first-order valence-corrected chi connectivity index (χ1v) is 8.47. The molecule has 0 atom stereocenters. The number of rotatable bonds is 4. The van der Waals surface area contributed by atoms with Gasteiger partial charge in [0.1, 0.15) is 5.76 Å². The Labute approximate surface area is 131 Å². The van der Waals surface area contributed by atoms with Crippen molar-refractivity contribution in [3.05, 3.63) is 45.5 Å². The molecular formula is C17H24N2OS. The second-order valence-corrected chi connectivity index (χ2v) is 7.80. The summed E-state index contributed by atoms with van der Waals surface area (Å²) in [7, 11) is 0. The van der Waals surface area contributed by atoms with Crippen LogP contribution >= 0.6 is 11.3 Å². The fraction of sp³-hybridized carbons (Fsp3) is 0.529. The maximum absolute atomic E-state index is 5.67. The first kappa shape index (κ1) is 14.8. The molecule has 0 radical (unpaired) electrons. The number of thiophene rings is 1. The maximum Gasteiger partial charge on any atom is 0.122 e. The minimum absolute atomic E-state index is 0.112. The molecular weight excluding hydrogens is 280 g/mol. The highest BCUT2D eigenvalue weighted by atomic mass is 32.1. The summed E-state index contributed by atoms with van der Waals surface area (Å²) in [6.45, 7) is 10.5. The van der Waals surface area contributed by atoms with E-state index in [0.29, 0.717) is 0 Å². The van der Waals surface area contributed by atoms with Gasteiger partial charge in [0.25, 0.3) is 0 Å². The Morgan fingerprint density at radius 2 is 2.19 bits per heavy atom. The van der Waals surface area contributed by atoms with Crippen LogP contribution in [0.1, 0.15) is 42.5 Å². The zero-order valence-corrected chi connectivity index (χ0v) is 13.9. The minimum Gasteiger partial charge on any atom is -0.468 e. The van der Waals surface area contributed by atoms with E-state index in [1.54, 1.807) is 4.88 Å². The van der Waals surface area contributed by atoms with Gasteiger partial charge in [-0.2, -0.15) is 0 Å². The predicted octanol–water partition coefficient (Wildman–Crippen LogP) is 3.79. The van der Waals surface area contributed by atoms with Crippen LogP contribution in [0.25, 0.3) is 0 Å². The van der Waals surface area contributed by atoms with E-state index in [1.807, 2.05) is 17.6 Å². The topological polar surface area (TPSA) is 28.4 Å². The highest BCUT2D eigenvalue weighted by Gasteiger charge is 2.19. The van der Waals surface area contributed by atoms with Crippen molar-refractivity contribution in [2.75, 3.05) is 6.54 Å². The number of hydrogen-bond acceptors (Lipinski definition) is 4. The molecule has 0 aromatic carbocycles. The van der Waals surface area contributed by atoms with E-state index in [9.17, 15) is 0 Å². The quantitative estimate of drug-likeness (QED) is 0.931. The van der Waals surface area contributed by atoms with Crippen LogP contribution in [0.4, 0.5) is 0 Å². The minimum atomic E-state index is 0.112. The molecule has 3 rings (SSSR count). The second kappa shape index (κ2) is 5.95. The smallest absolute Gasteiger partial charge is 0.122 e. The molecule has 0 aliphatic carbocycles. The van der Waals surface area contributed by atoms with Crippen molar-refractivity contribution in [2.45, 2.75) is 52.4 Å². The summed E-state index contributed by atoms with van der Waals surface area (Å²) < 4.78 is 5.67. The van der Waals surface area contributed by atoms with Crippen molar-refractivity contribution >= 4 is 11.3 Å². The van der Waals surface area contributed by atoms with Gasteiger partial charge in [0.05, 0.1) is 12.8 Å². The predicted molar refractivity (Wildman–Crippen MR) is 87.4 cm³/mol. The van der Waals surface area contributed by atoms with E-state index >= 15 is 0 Å². The van der Waals surface area contributed by atoms with Crippen LogP contribution in [0.2, 0.25) is 0 Å². The fourth-order valence-electron chi connectivity index (χ4n) is 2.69. The van der Waals surface area contributed by atoms with Crippen LogP contribution in [-0.4, -0.2) is 17.0 Å². The van der Waals surface area contributed by atoms with Crippen LogP contribution in [0, 0.1) is 0 Å². The Morgan fingerprint density at radius 3 is 3.00 bits per heavy atom. The zero-order valence-electron chi connectivity index (χ0n) is 13.1. The number of fused-ring (bicyclic) bond motifs is 1. The molecule has 4 heteroatoms. The van der Waals surface area contributed by atoms with Gasteiger partial charge in [-0.15, -0.1) is 11.3 Å². The summed E-state index contributed by atoms with van der Waals surface area (Å²) in [6, 6.07) is 4.38.